The maximum Gasteiger partial charge on any atom is 0.397 e. The summed E-state index contributed by atoms with van der Waals surface area (Å²) in [6.45, 7) is 1.15. The summed E-state index contributed by atoms with van der Waals surface area (Å²) in [5, 5.41) is 1.94. The number of pyridine rings is 1. The van der Waals surface area contributed by atoms with Crippen molar-refractivity contribution in [2.45, 2.75) is 19.5 Å². The second-order valence-electron chi connectivity index (χ2n) is 4.00. The van der Waals surface area contributed by atoms with Crippen LogP contribution < -0.4 is 5.32 Å². The molecule has 0 saturated heterocycles. The van der Waals surface area contributed by atoms with E-state index in [1.807, 2.05) is 5.32 Å². The van der Waals surface area contributed by atoms with E-state index < -0.39 is 30.3 Å². The first-order chi connectivity index (χ1) is 9.64. The van der Waals surface area contributed by atoms with Gasteiger partial charge in [-0.05, 0) is 13.0 Å². The lowest BCUT2D eigenvalue weighted by Gasteiger charge is -2.11. The number of nitrogens with one attached hydrogen (secondary N) is 1. The minimum atomic E-state index is -4.68. The van der Waals surface area contributed by atoms with Gasteiger partial charge < -0.3 is 10.1 Å². The average Bonchev–Trinajstić information content (AvgIpc) is 2.34. The topological polar surface area (TPSA) is 85.4 Å². The number of halogens is 3. The van der Waals surface area contributed by atoms with Gasteiger partial charge in [0.25, 0.3) is 0 Å². The third-order valence-corrected chi connectivity index (χ3v) is 2.31. The molecule has 1 N–H and O–H groups in total. The summed E-state index contributed by atoms with van der Waals surface area (Å²) in [7, 11) is 1.09. The van der Waals surface area contributed by atoms with Crippen LogP contribution in [0.4, 0.5) is 18.9 Å². The number of Topliss-reactive ketones (excluding diaryl/α,β-unsaturated/α-hetero) is 1. The van der Waals surface area contributed by atoms with Crippen molar-refractivity contribution in [2.75, 3.05) is 12.4 Å². The van der Waals surface area contributed by atoms with Gasteiger partial charge in [0.2, 0.25) is 5.91 Å². The molecule has 0 saturated carbocycles. The van der Waals surface area contributed by atoms with Crippen LogP contribution in [0, 0.1) is 0 Å². The van der Waals surface area contributed by atoms with Gasteiger partial charge in [0.1, 0.15) is 12.1 Å². The molecule has 0 bridgehead atoms. The van der Waals surface area contributed by atoms with Crippen molar-refractivity contribution in [3.05, 3.63) is 23.5 Å². The lowest BCUT2D eigenvalue weighted by molar-refractivity contribution is -0.150. The summed E-state index contributed by atoms with van der Waals surface area (Å²) in [4.78, 5) is 37.6. The molecule has 0 aliphatic carbocycles. The second-order valence-corrected chi connectivity index (χ2v) is 4.00. The zero-order chi connectivity index (χ0) is 16.2. The van der Waals surface area contributed by atoms with Gasteiger partial charge in [0.05, 0.1) is 18.4 Å². The van der Waals surface area contributed by atoms with Crippen LogP contribution in [0.1, 0.15) is 34.2 Å². The predicted octanol–water partition coefficient (Wildman–Crippen LogP) is 1.96. The Morgan fingerprint density at radius 2 is 1.95 bits per heavy atom. The Labute approximate surface area is 117 Å². The van der Waals surface area contributed by atoms with Crippen LogP contribution in [0.5, 0.6) is 0 Å². The van der Waals surface area contributed by atoms with Crippen molar-refractivity contribution in [1.82, 2.24) is 4.98 Å². The number of alkyl halides is 3. The Morgan fingerprint density at radius 1 is 1.33 bits per heavy atom. The van der Waals surface area contributed by atoms with E-state index in [4.69, 9.17) is 0 Å². The number of rotatable bonds is 4. The molecular formula is C12H11F3N2O4. The van der Waals surface area contributed by atoms with E-state index >= 15 is 0 Å². The highest BCUT2D eigenvalue weighted by molar-refractivity contribution is 6.04. The summed E-state index contributed by atoms with van der Waals surface area (Å²) >= 11 is 0. The fraction of sp³-hybridized carbons (Fsp3) is 0.333. The van der Waals surface area contributed by atoms with Crippen LogP contribution in [0.3, 0.4) is 0 Å². The zero-order valence-electron chi connectivity index (χ0n) is 11.1. The molecule has 0 unspecified atom stereocenters. The number of aromatic nitrogens is 1. The van der Waals surface area contributed by atoms with E-state index in [0.29, 0.717) is 0 Å². The minimum Gasteiger partial charge on any atom is -0.464 e. The van der Waals surface area contributed by atoms with Gasteiger partial charge in [0.15, 0.2) is 5.78 Å². The third kappa shape index (κ3) is 4.86. The average molecular weight is 304 g/mol. The zero-order valence-corrected chi connectivity index (χ0v) is 11.1. The van der Waals surface area contributed by atoms with E-state index in [9.17, 15) is 27.6 Å². The summed E-state index contributed by atoms with van der Waals surface area (Å²) in [5.41, 5.74) is -0.588. The van der Waals surface area contributed by atoms with Crippen molar-refractivity contribution < 1.29 is 32.3 Å². The van der Waals surface area contributed by atoms with Crippen LogP contribution in [0.2, 0.25) is 0 Å². The first kappa shape index (κ1) is 16.6. The Morgan fingerprint density at radius 3 is 2.43 bits per heavy atom. The number of carbonyl (C=O) groups excluding carboxylic acids is 3. The summed E-state index contributed by atoms with van der Waals surface area (Å²) in [5.74, 6) is -2.73. The summed E-state index contributed by atoms with van der Waals surface area (Å²) in [6, 6.07) is 0.983. The molecule has 0 aliphatic heterocycles. The van der Waals surface area contributed by atoms with Crippen molar-refractivity contribution in [3.8, 4) is 0 Å². The normalized spacial score (nSPS) is 10.9. The molecule has 6 nitrogen and oxygen atoms in total. The van der Waals surface area contributed by atoms with Gasteiger partial charge in [-0.25, -0.2) is 9.78 Å². The Kier molecular flexibility index (Phi) is 5.01. The lowest BCUT2D eigenvalue weighted by atomic mass is 10.1. The van der Waals surface area contributed by atoms with Crippen LogP contribution in [0.25, 0.3) is 0 Å². The second kappa shape index (κ2) is 6.33. The lowest BCUT2D eigenvalue weighted by Crippen LogP contribution is -2.22. The molecule has 9 heteroatoms. The quantitative estimate of drug-likeness (QED) is 0.679. The maximum atomic E-state index is 12.1. The molecule has 1 aromatic rings. The molecule has 1 heterocycles. The van der Waals surface area contributed by atoms with E-state index in [1.54, 1.807) is 0 Å². The highest BCUT2D eigenvalue weighted by Crippen LogP contribution is 2.22. The molecule has 0 aliphatic rings. The molecule has 114 valence electrons. The van der Waals surface area contributed by atoms with Gasteiger partial charge in [0, 0.05) is 6.20 Å². The van der Waals surface area contributed by atoms with Crippen LogP contribution >= 0.6 is 0 Å². The summed E-state index contributed by atoms with van der Waals surface area (Å²) in [6.07, 6.45) is -5.41. The van der Waals surface area contributed by atoms with Gasteiger partial charge in [-0.3, -0.25) is 9.59 Å². The molecular weight excluding hydrogens is 293 g/mol. The number of hydrogen-bond donors (Lipinski definition) is 1. The summed E-state index contributed by atoms with van der Waals surface area (Å²) < 4.78 is 40.7. The number of methoxy groups -OCH3 is 1. The van der Waals surface area contributed by atoms with E-state index in [-0.39, 0.29) is 16.9 Å². The number of esters is 1. The largest absolute Gasteiger partial charge is 0.464 e. The molecule has 0 radical (unpaired) electrons. The van der Waals surface area contributed by atoms with E-state index in [1.165, 1.54) is 0 Å². The maximum absolute atomic E-state index is 12.1. The fourth-order valence-corrected chi connectivity index (χ4v) is 1.43. The highest BCUT2D eigenvalue weighted by atomic mass is 19.4. The SMILES string of the molecule is COC(=O)c1cc(NC(=O)CC(F)(F)F)c(C(C)=O)cn1. The standard InChI is InChI=1S/C12H11F3N2O4/c1-6(18)7-5-16-9(11(20)21-2)3-8(7)17-10(19)4-12(13,14)15/h3,5H,4H2,1-2H3,(H,16,17,19). The number of anilines is 1. The third-order valence-electron chi connectivity index (χ3n) is 2.31. The number of hydrogen-bond acceptors (Lipinski definition) is 5. The molecule has 1 rings (SSSR count). The first-order valence-electron chi connectivity index (χ1n) is 5.60. The van der Waals surface area contributed by atoms with Crippen molar-refractivity contribution in [2.24, 2.45) is 0 Å². The van der Waals surface area contributed by atoms with Crippen LogP contribution in [-0.2, 0) is 9.53 Å². The molecule has 21 heavy (non-hydrogen) atoms. The number of ketones is 1. The molecule has 0 atom stereocenters. The van der Waals surface area contributed by atoms with Gasteiger partial charge in [-0.1, -0.05) is 0 Å². The number of carbonyl (C=O) groups is 3. The Bertz CT molecular complexity index is 584. The van der Waals surface area contributed by atoms with Crippen molar-refractivity contribution in [1.29, 1.82) is 0 Å². The van der Waals surface area contributed by atoms with Gasteiger partial charge in [-0.2, -0.15) is 13.2 Å². The molecule has 1 aromatic heterocycles. The Balaban J connectivity index is 3.09. The fourth-order valence-electron chi connectivity index (χ4n) is 1.43. The molecule has 0 fully saturated rings. The highest BCUT2D eigenvalue weighted by Gasteiger charge is 2.31. The van der Waals surface area contributed by atoms with Crippen molar-refractivity contribution in [3.63, 3.8) is 0 Å². The molecule has 0 aromatic carbocycles. The number of amides is 1. The number of ether oxygens (including phenoxy) is 1. The van der Waals surface area contributed by atoms with E-state index in [2.05, 4.69) is 9.72 Å². The minimum absolute atomic E-state index is 0.113. The monoisotopic (exact) mass is 304 g/mol. The molecule has 0 spiro atoms. The van der Waals surface area contributed by atoms with Gasteiger partial charge in [-0.15, -0.1) is 0 Å². The smallest absolute Gasteiger partial charge is 0.397 e. The molecule has 1 amide bonds. The van der Waals surface area contributed by atoms with E-state index in [0.717, 1.165) is 26.3 Å². The first-order valence-corrected chi connectivity index (χ1v) is 5.60. The van der Waals surface area contributed by atoms with Crippen LogP contribution in [-0.4, -0.2) is 35.9 Å². The van der Waals surface area contributed by atoms with Crippen LogP contribution in [0.15, 0.2) is 12.3 Å². The van der Waals surface area contributed by atoms with Crippen molar-refractivity contribution >= 4 is 23.3 Å². The Hall–Kier alpha value is -2.45. The number of nitrogens with zero attached hydrogens (tertiary/aromatic N) is 1. The van der Waals surface area contributed by atoms with Gasteiger partial charge >= 0.3 is 12.1 Å². The predicted molar refractivity (Wildman–Crippen MR) is 64.9 cm³/mol.